The van der Waals surface area contributed by atoms with Crippen LogP contribution in [-0.4, -0.2) is 74.4 Å². The van der Waals surface area contributed by atoms with Crippen molar-refractivity contribution in [1.29, 1.82) is 0 Å². The Labute approximate surface area is 319 Å². The van der Waals surface area contributed by atoms with Gasteiger partial charge in [-0.15, -0.1) is 14.6 Å². The van der Waals surface area contributed by atoms with Crippen molar-refractivity contribution in [3.63, 3.8) is 0 Å². The van der Waals surface area contributed by atoms with Gasteiger partial charge in [0.25, 0.3) is 26.1 Å². The molecule has 0 aromatic heterocycles. The molecule has 17 nitrogen and oxygen atoms in total. The van der Waals surface area contributed by atoms with E-state index in [1.807, 2.05) is 0 Å². The standard InChI is InChI=1S/C31H29N4O13PS5/c36-29-27-20(14-21(51-48-47-38)17-25(27)33-31(37)18-4-2-1-3-5-18)16-26(53(41,42)43)28(29)35-34-24-9-6-19-15-22(7-8-23(19)30(24)54(44,45)46)52(39,40)13-12-50-11-10-32-49/h1-9,14-17,32,36,38H,10-13,49H2,(H,33,37)(H,41,42,43)(H,44,45,46). The third-order valence-corrected chi connectivity index (χ3v) is 13.1. The molecular weight excluding hydrogens is 828 g/mol. The van der Waals surface area contributed by atoms with Crippen molar-refractivity contribution in [1.82, 2.24) is 5.09 Å². The summed E-state index contributed by atoms with van der Waals surface area (Å²) in [5, 5.41) is 36.5. The maximum atomic E-state index is 13.1. The van der Waals surface area contributed by atoms with Gasteiger partial charge in [0.15, 0.2) is 15.6 Å². The van der Waals surface area contributed by atoms with Crippen molar-refractivity contribution >= 4 is 108 Å². The van der Waals surface area contributed by atoms with Crippen molar-refractivity contribution < 1.29 is 58.9 Å². The third-order valence-electron chi connectivity index (χ3n) is 7.53. The third kappa shape index (κ3) is 9.72. The first-order chi connectivity index (χ1) is 25.5. The van der Waals surface area contributed by atoms with Crippen LogP contribution in [0.5, 0.6) is 5.75 Å². The number of phenols is 1. The van der Waals surface area contributed by atoms with Crippen molar-refractivity contribution in [3.05, 3.63) is 84.4 Å². The smallest absolute Gasteiger partial charge is 0.297 e. The molecule has 6 N–H and O–H groups in total. The highest BCUT2D eigenvalue weighted by molar-refractivity contribution is 8.00. The van der Waals surface area contributed by atoms with E-state index in [1.54, 1.807) is 18.2 Å². The van der Waals surface area contributed by atoms with Gasteiger partial charge in [0.05, 0.1) is 28.4 Å². The first-order valence-corrected chi connectivity index (χ1v) is 22.1. The predicted octanol–water partition coefficient (Wildman–Crippen LogP) is 6.17. The number of thioether (sulfide) groups is 1. The molecule has 286 valence electrons. The quantitative estimate of drug-likeness (QED) is 0.0123. The summed E-state index contributed by atoms with van der Waals surface area (Å²) in [6.07, 6.45) is 0. The number of sulfone groups is 1. The number of azo groups is 1. The van der Waals surface area contributed by atoms with E-state index in [4.69, 9.17) is 5.26 Å². The minimum absolute atomic E-state index is 0.0951. The van der Waals surface area contributed by atoms with Crippen molar-refractivity contribution in [3.8, 4) is 5.75 Å². The van der Waals surface area contributed by atoms with Gasteiger partial charge >= 0.3 is 0 Å². The van der Waals surface area contributed by atoms with Crippen LogP contribution in [0, 0.1) is 0 Å². The maximum absolute atomic E-state index is 13.1. The molecule has 0 bridgehead atoms. The van der Waals surface area contributed by atoms with E-state index < -0.39 is 62.9 Å². The average molecular weight is 857 g/mol. The summed E-state index contributed by atoms with van der Waals surface area (Å²) in [4.78, 5) is 11.3. The number of benzene rings is 5. The Balaban J connectivity index is 1.64. The monoisotopic (exact) mass is 856 g/mol. The summed E-state index contributed by atoms with van der Waals surface area (Å²) < 4.78 is 101. The van der Waals surface area contributed by atoms with E-state index in [0.717, 1.165) is 18.2 Å². The molecule has 23 heteroatoms. The summed E-state index contributed by atoms with van der Waals surface area (Å²) in [6.45, 7) is 0.660. The van der Waals surface area contributed by atoms with E-state index in [0.29, 0.717) is 30.1 Å². The van der Waals surface area contributed by atoms with E-state index in [1.165, 1.54) is 54.2 Å². The van der Waals surface area contributed by atoms with Crippen LogP contribution in [0.3, 0.4) is 0 Å². The van der Waals surface area contributed by atoms with Gasteiger partial charge in [-0.25, -0.2) is 13.7 Å². The lowest BCUT2D eigenvalue weighted by molar-refractivity contribution is -0.432. The minimum atomic E-state index is -5.20. The van der Waals surface area contributed by atoms with Crippen molar-refractivity contribution in [2.75, 3.05) is 29.1 Å². The Bertz CT molecular complexity index is 2600. The summed E-state index contributed by atoms with van der Waals surface area (Å²) in [6, 6.07) is 17.2. The number of nitrogens with one attached hydrogen (secondary N) is 2. The number of hydrogen-bond acceptors (Lipinski definition) is 16. The van der Waals surface area contributed by atoms with E-state index in [9.17, 15) is 44.3 Å². The van der Waals surface area contributed by atoms with Gasteiger partial charge in [0, 0.05) is 39.3 Å². The molecule has 0 spiro atoms. The number of aromatic hydroxyl groups is 1. The van der Waals surface area contributed by atoms with E-state index in [2.05, 4.69) is 39.4 Å². The largest absolute Gasteiger partial charge is 0.505 e. The lowest BCUT2D eigenvalue weighted by Crippen LogP contribution is -2.12. The lowest BCUT2D eigenvalue weighted by atomic mass is 10.1. The Hall–Kier alpha value is -3.77. The van der Waals surface area contributed by atoms with E-state index >= 15 is 0 Å². The molecule has 0 aliphatic heterocycles. The zero-order chi connectivity index (χ0) is 39.3. The summed E-state index contributed by atoms with van der Waals surface area (Å²) in [7, 11) is -11.7. The molecule has 54 heavy (non-hydrogen) atoms. The molecule has 0 fully saturated rings. The molecule has 1 amide bonds. The SMILES string of the molecule is O=C(Nc1cc(SOOO)cc2cc(S(=O)(=O)O)c(N=Nc3ccc4cc(S(=O)(=O)CCSCCNP)ccc4c3S(=O)(=O)O)c(O)c12)c1ccccc1. The molecule has 5 aromatic carbocycles. The van der Waals surface area contributed by atoms with Crippen LogP contribution in [0.4, 0.5) is 17.1 Å². The lowest BCUT2D eigenvalue weighted by Gasteiger charge is -2.15. The van der Waals surface area contributed by atoms with Gasteiger partial charge in [0.1, 0.15) is 21.2 Å². The first kappa shape index (κ1) is 41.4. The van der Waals surface area contributed by atoms with Crippen LogP contribution in [0.2, 0.25) is 0 Å². The Morgan fingerprint density at radius 2 is 1.59 bits per heavy atom. The molecule has 0 saturated heterocycles. The highest BCUT2D eigenvalue weighted by atomic mass is 32.2. The summed E-state index contributed by atoms with van der Waals surface area (Å²) in [5.74, 6) is -0.797. The van der Waals surface area contributed by atoms with Crippen LogP contribution >= 0.6 is 33.2 Å². The number of hydrogen-bond donors (Lipinski definition) is 6. The second kappa shape index (κ2) is 17.4. The normalized spacial score (nSPS) is 12.5. The highest BCUT2D eigenvalue weighted by Gasteiger charge is 2.26. The molecule has 0 radical (unpaired) electrons. The van der Waals surface area contributed by atoms with Crippen molar-refractivity contribution in [2.45, 2.75) is 19.6 Å². The average Bonchev–Trinajstić information content (AvgIpc) is 3.12. The van der Waals surface area contributed by atoms with Gasteiger partial charge in [-0.05, 0) is 59.3 Å². The number of rotatable bonds is 16. The first-order valence-electron chi connectivity index (χ1n) is 15.1. The minimum Gasteiger partial charge on any atom is -0.505 e. The fourth-order valence-electron chi connectivity index (χ4n) is 5.17. The van der Waals surface area contributed by atoms with Gasteiger partial charge in [-0.1, -0.05) is 44.8 Å². The van der Waals surface area contributed by atoms with Gasteiger partial charge in [0.2, 0.25) is 0 Å². The van der Waals surface area contributed by atoms with Crippen LogP contribution in [0.25, 0.3) is 21.5 Å². The van der Waals surface area contributed by atoms with Gasteiger partial charge in [-0.2, -0.15) is 28.6 Å². The molecule has 1 atom stereocenters. The second-order valence-electron chi connectivity index (χ2n) is 11.0. The van der Waals surface area contributed by atoms with Crippen molar-refractivity contribution in [2.24, 2.45) is 10.2 Å². The number of fused-ring (bicyclic) bond motifs is 2. The maximum Gasteiger partial charge on any atom is 0.297 e. The van der Waals surface area contributed by atoms with E-state index in [-0.39, 0.29) is 48.3 Å². The molecular formula is C31H29N4O13PS5. The molecule has 5 aromatic rings. The molecule has 1 unspecified atom stereocenters. The van der Waals surface area contributed by atoms with Crippen LogP contribution in [-0.2, 0) is 39.4 Å². The van der Waals surface area contributed by atoms with Gasteiger partial charge in [-0.3, -0.25) is 19.0 Å². The number of phenolic OH excluding ortho intramolecular Hbond substituents is 1. The fraction of sp³-hybridized carbons (Fsp3) is 0.129. The van der Waals surface area contributed by atoms with Crippen LogP contribution in [0.15, 0.2) is 109 Å². The topological polar surface area (TPSA) is 268 Å². The van der Waals surface area contributed by atoms with Crippen LogP contribution < -0.4 is 10.4 Å². The Kier molecular flexibility index (Phi) is 13.3. The molecule has 0 aliphatic rings. The second-order valence-corrected chi connectivity index (χ2v) is 18.3. The zero-order valence-corrected chi connectivity index (χ0v) is 32.5. The molecule has 0 heterocycles. The van der Waals surface area contributed by atoms with Gasteiger partial charge < -0.3 is 10.4 Å². The van der Waals surface area contributed by atoms with Crippen LogP contribution in [0.1, 0.15) is 10.4 Å². The summed E-state index contributed by atoms with van der Waals surface area (Å²) >= 11 is 1.86. The molecule has 0 aliphatic carbocycles. The number of carbonyl (C=O) groups excluding carboxylic acids is 1. The Morgan fingerprint density at radius 1 is 0.852 bits per heavy atom. The Morgan fingerprint density at radius 3 is 2.26 bits per heavy atom. The number of amides is 1. The molecule has 5 rings (SSSR count). The number of anilines is 1. The fourth-order valence-corrected chi connectivity index (χ4v) is 10.1. The zero-order valence-electron chi connectivity index (χ0n) is 27.3. The highest BCUT2D eigenvalue weighted by Crippen LogP contribution is 2.46. The number of nitrogens with zero attached hydrogens (tertiary/aromatic N) is 2. The predicted molar refractivity (Wildman–Crippen MR) is 206 cm³/mol. The number of carbonyl (C=O) groups is 1. The molecule has 0 saturated carbocycles. The summed E-state index contributed by atoms with van der Waals surface area (Å²) in [5.41, 5.74) is -1.37.